The van der Waals surface area contributed by atoms with Gasteiger partial charge in [-0.15, -0.1) is 0 Å². The van der Waals surface area contributed by atoms with Crippen molar-refractivity contribution < 1.29 is 0 Å². The average Bonchev–Trinajstić information content (AvgIpc) is 3.12. The molecular weight excluding hydrogens is 649 g/mol. The lowest BCUT2D eigenvalue weighted by molar-refractivity contribution is -1.10. The zero-order valence-corrected chi connectivity index (χ0v) is 30.8. The van der Waals surface area contributed by atoms with Gasteiger partial charge in [-0.25, -0.2) is 0 Å². The zero-order chi connectivity index (χ0) is 30.8. The van der Waals surface area contributed by atoms with Gasteiger partial charge in [0.15, 0.2) is 0 Å². The molecule has 54 heavy (non-hydrogen) atoms. The Labute approximate surface area is 314 Å². The highest BCUT2D eigenvalue weighted by Gasteiger charge is 3.55. The van der Waals surface area contributed by atoms with E-state index in [1.54, 1.807) is 12.8 Å². The second-order valence-electron chi connectivity index (χ2n) is 32.7. The third-order valence-corrected chi connectivity index (χ3v) is 40.5. The Hall–Kier alpha value is 0. The van der Waals surface area contributed by atoms with Crippen LogP contribution in [0.1, 0.15) is 25.7 Å². The van der Waals surface area contributed by atoms with E-state index in [2.05, 4.69) is 0 Å². The first-order valence-corrected chi connectivity index (χ1v) is 26.9. The molecule has 0 aromatic rings. The van der Waals surface area contributed by atoms with Crippen molar-refractivity contribution in [1.82, 2.24) is 0 Å². The van der Waals surface area contributed by atoms with Crippen LogP contribution in [0, 0.1) is 290 Å². The highest BCUT2D eigenvalue weighted by molar-refractivity contribution is 6.00. The molecule has 48 atom stereocenters. The van der Waals surface area contributed by atoms with Crippen molar-refractivity contribution in [2.75, 3.05) is 0 Å². The molecule has 32 fully saturated rings. The molecule has 0 nitrogen and oxygen atoms in total. The lowest BCUT2D eigenvalue weighted by atomic mass is 8.47. The Morgan fingerprint density at radius 2 is 0.500 bits per heavy atom. The van der Waals surface area contributed by atoms with E-state index in [1.807, 2.05) is 12.8 Å². The predicted octanol–water partition coefficient (Wildman–Crippen LogP) is 6.23. The normalized spacial score (nSPS) is 120. The number of fused-ring (bicyclic) bond motifs is 30. The van der Waals surface area contributed by atoms with Crippen molar-refractivity contribution in [1.29, 1.82) is 0 Å². The molecule has 0 bridgehead atoms. The Morgan fingerprint density at radius 1 is 0.204 bits per heavy atom. The lowest BCUT2D eigenvalue weighted by Gasteiger charge is -3.55. The number of rotatable bonds is 0. The van der Waals surface area contributed by atoms with Gasteiger partial charge in [-0.3, -0.25) is 0 Å². The van der Waals surface area contributed by atoms with Crippen LogP contribution in [0.2, 0.25) is 0 Å². The zero-order valence-electron chi connectivity index (χ0n) is 30.8. The van der Waals surface area contributed by atoms with Gasteiger partial charge in [-0.2, -0.15) is 0 Å². The standard InChI is InChI=1S/C54H46/c1-5-13-7(1)17-19(13)24-20-14-6(2-8(14)18(20)21(17)24)16-15(5)22-23(16)26-25(22)27-28(26)30-29(27)31-37-35-11-3-9-33-34-10-4-12-36-38-32(30)40-42-41-39(31)45(37)47(35)43(9,11)49(33)50(34)44(10,12)48(36)46(38,40)52(42)51(41,45)53(47,49)54(48,50)52/h5-42H,1-4H2. The van der Waals surface area contributed by atoms with E-state index in [-0.39, 0.29) is 0 Å². The van der Waals surface area contributed by atoms with E-state index in [1.165, 1.54) is 225 Å². The van der Waals surface area contributed by atoms with Crippen LogP contribution in [-0.4, -0.2) is 0 Å². The van der Waals surface area contributed by atoms with Crippen LogP contribution in [0.5, 0.6) is 0 Å². The number of hydrogen-bond donors (Lipinski definition) is 0. The van der Waals surface area contributed by atoms with Crippen molar-refractivity contribution >= 4 is 0 Å². The molecule has 0 amide bonds. The molecular formula is C54H46. The Bertz CT molecular complexity index is 2670. The summed E-state index contributed by atoms with van der Waals surface area (Å²) in [5.41, 5.74) is 13.3. The average molecular weight is 695 g/mol. The molecule has 0 heterocycles. The monoisotopic (exact) mass is 694 g/mol. The van der Waals surface area contributed by atoms with Crippen LogP contribution in [-0.2, 0) is 0 Å². The summed E-state index contributed by atoms with van der Waals surface area (Å²) in [6.45, 7) is 0. The quantitative estimate of drug-likeness (QED) is 0.264. The third-order valence-electron chi connectivity index (χ3n) is 40.5. The van der Waals surface area contributed by atoms with E-state index in [4.69, 9.17) is 0 Å². The fourth-order valence-corrected chi connectivity index (χ4v) is 47.0. The first-order valence-electron chi connectivity index (χ1n) is 26.9. The van der Waals surface area contributed by atoms with Gasteiger partial charge >= 0.3 is 0 Å². The smallest absolute Gasteiger partial charge is 0.00108 e. The van der Waals surface area contributed by atoms with Gasteiger partial charge in [0.25, 0.3) is 0 Å². The van der Waals surface area contributed by atoms with E-state index >= 15 is 0 Å². The van der Waals surface area contributed by atoms with Crippen molar-refractivity contribution in [2.24, 2.45) is 290 Å². The minimum atomic E-state index is 1.09. The van der Waals surface area contributed by atoms with Crippen LogP contribution in [0.3, 0.4) is 0 Å². The molecule has 0 N–H and O–H groups in total. The van der Waals surface area contributed by atoms with E-state index in [0.29, 0.717) is 0 Å². The first kappa shape index (κ1) is 21.0. The SMILES string of the molecule is C1C2C3C1C1C(C4CC5C4C4C5C5C2C3C45)C2C1C1C2C2C1C1C2C2C3C4C5CC6C7C8C9CC%10C%11C%12C1C1C%13C%14C2C32C43C56C74C85C%109C%116C%121C%131C%142C34C651. The summed E-state index contributed by atoms with van der Waals surface area (Å²) in [7, 11) is 0. The molecule has 0 radical (unpaired) electrons. The predicted molar refractivity (Wildman–Crippen MR) is 180 cm³/mol. The van der Waals surface area contributed by atoms with Crippen molar-refractivity contribution in [2.45, 2.75) is 25.7 Å². The minimum Gasteiger partial charge on any atom is -0.0464 e. The summed E-state index contributed by atoms with van der Waals surface area (Å²) in [4.78, 5) is 0. The second-order valence-corrected chi connectivity index (χ2v) is 32.7. The van der Waals surface area contributed by atoms with Crippen LogP contribution >= 0.6 is 0 Å². The molecule has 12 spiro atoms. The van der Waals surface area contributed by atoms with Crippen molar-refractivity contribution in [3.8, 4) is 0 Å². The Balaban J connectivity index is 0.656. The molecule has 0 aromatic carbocycles. The highest BCUT2D eigenvalue weighted by Crippen LogP contribution is 3.56. The maximum atomic E-state index is 1.84. The van der Waals surface area contributed by atoms with E-state index in [0.717, 1.165) is 65.0 Å². The van der Waals surface area contributed by atoms with Gasteiger partial charge in [0.1, 0.15) is 0 Å². The molecule has 32 aliphatic rings. The largest absolute Gasteiger partial charge is 0.0464 e. The molecule has 0 aromatic heterocycles. The molecule has 32 aliphatic carbocycles. The van der Waals surface area contributed by atoms with Crippen LogP contribution in [0.15, 0.2) is 0 Å². The molecule has 0 saturated heterocycles. The Kier molecular flexibility index (Phi) is 1.54. The van der Waals surface area contributed by atoms with E-state index < -0.39 is 0 Å². The number of hydrogen-bond acceptors (Lipinski definition) is 0. The summed E-state index contributed by atoms with van der Waals surface area (Å²) in [5, 5.41) is 0. The summed E-state index contributed by atoms with van der Waals surface area (Å²) < 4.78 is 0. The lowest BCUT2D eigenvalue weighted by Crippen LogP contribution is -3.54. The summed E-state index contributed by atoms with van der Waals surface area (Å²) in [6, 6.07) is 0. The van der Waals surface area contributed by atoms with Gasteiger partial charge in [0.05, 0.1) is 0 Å². The summed E-state index contributed by atoms with van der Waals surface area (Å²) in [5.74, 6) is 51.1. The topological polar surface area (TPSA) is 0 Å². The summed E-state index contributed by atoms with van der Waals surface area (Å²) >= 11 is 0. The second kappa shape index (κ2) is 3.97. The molecule has 32 saturated carbocycles. The van der Waals surface area contributed by atoms with Gasteiger partial charge in [-0.05, 0) is 316 Å². The van der Waals surface area contributed by atoms with E-state index in [9.17, 15) is 0 Å². The van der Waals surface area contributed by atoms with Gasteiger partial charge in [0.2, 0.25) is 0 Å². The third kappa shape index (κ3) is 0.708. The fraction of sp³-hybridized carbons (Fsp3) is 1.00. The molecule has 262 valence electrons. The first-order chi connectivity index (χ1) is 26.9. The summed E-state index contributed by atoms with van der Waals surface area (Å²) in [6.07, 6.45) is 7.26. The molecule has 0 aliphatic heterocycles. The highest BCUT2D eigenvalue weighted by atomic mass is 15.6. The van der Waals surface area contributed by atoms with Crippen molar-refractivity contribution in [3.05, 3.63) is 0 Å². The fourth-order valence-electron chi connectivity index (χ4n) is 47.0. The maximum Gasteiger partial charge on any atom is -0.00108 e. The minimum absolute atomic E-state index is 1.09. The van der Waals surface area contributed by atoms with Crippen LogP contribution in [0.4, 0.5) is 0 Å². The van der Waals surface area contributed by atoms with Gasteiger partial charge in [0, 0.05) is 0 Å². The van der Waals surface area contributed by atoms with Gasteiger partial charge in [-0.1, -0.05) is 0 Å². The van der Waals surface area contributed by atoms with Crippen molar-refractivity contribution in [3.63, 3.8) is 0 Å². The van der Waals surface area contributed by atoms with Crippen LogP contribution in [0.25, 0.3) is 0 Å². The molecule has 32 rings (SSSR count). The van der Waals surface area contributed by atoms with Gasteiger partial charge < -0.3 is 0 Å². The maximum absolute atomic E-state index is 1.84. The molecule has 0 heteroatoms. The van der Waals surface area contributed by atoms with Crippen LogP contribution < -0.4 is 0 Å². The molecule has 48 unspecified atom stereocenters. The Morgan fingerprint density at radius 3 is 0.944 bits per heavy atom.